The lowest BCUT2D eigenvalue weighted by Crippen LogP contribution is -2.42. The molecule has 4 atom stereocenters. The van der Waals surface area contributed by atoms with Gasteiger partial charge in [0.25, 0.3) is 0 Å². The van der Waals surface area contributed by atoms with Crippen LogP contribution in [0, 0.1) is 29.6 Å². The number of carbonyl (C=O) groups is 2. The minimum absolute atomic E-state index is 0.0223. The normalized spacial score (nSPS) is 33.4. The Labute approximate surface area is 101 Å². The van der Waals surface area contributed by atoms with Crippen molar-refractivity contribution >= 4 is 11.9 Å². The molecular weight excluding hydrogens is 220 g/mol. The number of hydrogen-bond acceptors (Lipinski definition) is 2. The molecule has 1 fully saturated rings. The van der Waals surface area contributed by atoms with Crippen molar-refractivity contribution in [1.29, 1.82) is 0 Å². The maximum Gasteiger partial charge on any atom is 0.318 e. The van der Waals surface area contributed by atoms with E-state index in [9.17, 15) is 9.59 Å². The zero-order valence-corrected chi connectivity index (χ0v) is 10.3. The van der Waals surface area contributed by atoms with E-state index in [1.54, 1.807) is 6.08 Å². The first-order valence-electron chi connectivity index (χ1n) is 5.96. The SMILES string of the molecule is C=C[C@@H]1C[C@H](C)C[C@H](C)[C@H]1C(C(=O)O)C(=O)O. The average Bonchev–Trinajstić information content (AvgIpc) is 2.20. The molecule has 0 radical (unpaired) electrons. The smallest absolute Gasteiger partial charge is 0.318 e. The molecule has 0 unspecified atom stereocenters. The molecule has 2 N–H and O–H groups in total. The first-order chi connectivity index (χ1) is 7.88. The summed E-state index contributed by atoms with van der Waals surface area (Å²) in [7, 11) is 0. The molecule has 0 aromatic rings. The van der Waals surface area contributed by atoms with Gasteiger partial charge in [0.1, 0.15) is 0 Å². The molecule has 1 saturated carbocycles. The summed E-state index contributed by atoms with van der Waals surface area (Å²) in [6.07, 6.45) is 3.43. The number of aliphatic carboxylic acids is 2. The lowest BCUT2D eigenvalue weighted by molar-refractivity contribution is -0.160. The van der Waals surface area contributed by atoms with Crippen LogP contribution in [0.15, 0.2) is 12.7 Å². The highest BCUT2D eigenvalue weighted by Gasteiger charge is 2.44. The summed E-state index contributed by atoms with van der Waals surface area (Å²) in [5, 5.41) is 18.2. The lowest BCUT2D eigenvalue weighted by Gasteiger charge is -2.40. The predicted molar refractivity (Wildman–Crippen MR) is 63.5 cm³/mol. The molecule has 0 aromatic heterocycles. The minimum atomic E-state index is -1.32. The highest BCUT2D eigenvalue weighted by Crippen LogP contribution is 2.42. The number of rotatable bonds is 4. The van der Waals surface area contributed by atoms with Crippen molar-refractivity contribution in [1.82, 2.24) is 0 Å². The third-order valence-corrected chi connectivity index (χ3v) is 3.82. The fraction of sp³-hybridized carbons (Fsp3) is 0.692. The van der Waals surface area contributed by atoms with E-state index in [0.29, 0.717) is 5.92 Å². The largest absolute Gasteiger partial charge is 0.481 e. The molecule has 0 amide bonds. The summed E-state index contributed by atoms with van der Waals surface area (Å²) < 4.78 is 0. The molecule has 17 heavy (non-hydrogen) atoms. The Hall–Kier alpha value is -1.32. The van der Waals surface area contributed by atoms with Crippen LogP contribution in [0.2, 0.25) is 0 Å². The Morgan fingerprint density at radius 1 is 1.24 bits per heavy atom. The fourth-order valence-corrected chi connectivity index (χ4v) is 3.20. The van der Waals surface area contributed by atoms with Crippen molar-refractivity contribution < 1.29 is 19.8 Å². The third-order valence-electron chi connectivity index (χ3n) is 3.82. The Morgan fingerprint density at radius 3 is 2.18 bits per heavy atom. The number of carboxylic acids is 2. The number of carboxylic acid groups (broad SMARTS) is 2. The summed E-state index contributed by atoms with van der Waals surface area (Å²) in [4.78, 5) is 22.2. The van der Waals surface area contributed by atoms with Gasteiger partial charge < -0.3 is 10.2 Å². The van der Waals surface area contributed by atoms with Crippen molar-refractivity contribution in [3.05, 3.63) is 12.7 Å². The molecule has 4 heteroatoms. The zero-order chi connectivity index (χ0) is 13.2. The van der Waals surface area contributed by atoms with Gasteiger partial charge in [0, 0.05) is 0 Å². The molecule has 96 valence electrons. The lowest BCUT2D eigenvalue weighted by atomic mass is 9.64. The van der Waals surface area contributed by atoms with E-state index < -0.39 is 17.9 Å². The molecule has 0 aliphatic heterocycles. The molecule has 1 aliphatic carbocycles. The van der Waals surface area contributed by atoms with Crippen LogP contribution in [0.4, 0.5) is 0 Å². The van der Waals surface area contributed by atoms with Crippen LogP contribution in [0.3, 0.4) is 0 Å². The van der Waals surface area contributed by atoms with Gasteiger partial charge in [0.05, 0.1) is 0 Å². The number of hydrogen-bond donors (Lipinski definition) is 2. The molecule has 0 spiro atoms. The van der Waals surface area contributed by atoms with Crippen molar-refractivity contribution in [3.63, 3.8) is 0 Å². The highest BCUT2D eigenvalue weighted by atomic mass is 16.4. The maximum atomic E-state index is 11.1. The second-order valence-corrected chi connectivity index (χ2v) is 5.18. The summed E-state index contributed by atoms with van der Waals surface area (Å²) in [5.41, 5.74) is 0. The van der Waals surface area contributed by atoms with Gasteiger partial charge in [0.2, 0.25) is 0 Å². The first kappa shape index (κ1) is 13.7. The van der Waals surface area contributed by atoms with Crippen molar-refractivity contribution in [2.24, 2.45) is 29.6 Å². The van der Waals surface area contributed by atoms with Crippen molar-refractivity contribution in [2.75, 3.05) is 0 Å². The molecule has 0 saturated heterocycles. The van der Waals surface area contributed by atoms with E-state index in [4.69, 9.17) is 10.2 Å². The van der Waals surface area contributed by atoms with Crippen molar-refractivity contribution in [2.45, 2.75) is 26.7 Å². The van der Waals surface area contributed by atoms with Gasteiger partial charge in [-0.3, -0.25) is 9.59 Å². The van der Waals surface area contributed by atoms with Gasteiger partial charge in [-0.25, -0.2) is 0 Å². The Kier molecular flexibility index (Phi) is 4.32. The van der Waals surface area contributed by atoms with Crippen LogP contribution in [-0.4, -0.2) is 22.2 Å². The van der Waals surface area contributed by atoms with Crippen LogP contribution in [0.25, 0.3) is 0 Å². The average molecular weight is 240 g/mol. The van der Waals surface area contributed by atoms with Gasteiger partial charge in [-0.1, -0.05) is 19.9 Å². The van der Waals surface area contributed by atoms with Gasteiger partial charge >= 0.3 is 11.9 Å². The Morgan fingerprint density at radius 2 is 1.76 bits per heavy atom. The van der Waals surface area contributed by atoms with Gasteiger partial charge in [-0.15, -0.1) is 6.58 Å². The summed E-state index contributed by atoms with van der Waals surface area (Å²) in [6.45, 7) is 7.77. The van der Waals surface area contributed by atoms with E-state index in [0.717, 1.165) is 12.8 Å². The van der Waals surface area contributed by atoms with Gasteiger partial charge in [0.15, 0.2) is 5.92 Å². The Bertz CT molecular complexity index is 309. The number of allylic oxidation sites excluding steroid dienone is 1. The minimum Gasteiger partial charge on any atom is -0.481 e. The first-order valence-corrected chi connectivity index (χ1v) is 5.96. The van der Waals surface area contributed by atoms with Crippen LogP contribution in [0.1, 0.15) is 26.7 Å². The standard InChI is InChI=1S/C13H20O4/c1-4-9-6-7(2)5-8(3)10(9)11(12(14)15)13(16)17/h4,7-11H,1,5-6H2,2-3H3,(H,14,15)(H,16,17)/t7-,8+,9-,10-/m1/s1. The molecule has 0 aromatic carbocycles. The summed E-state index contributed by atoms with van der Waals surface area (Å²) in [5.74, 6) is -3.58. The van der Waals surface area contributed by atoms with Crippen LogP contribution in [-0.2, 0) is 9.59 Å². The molecular formula is C13H20O4. The van der Waals surface area contributed by atoms with E-state index in [2.05, 4.69) is 13.5 Å². The second-order valence-electron chi connectivity index (χ2n) is 5.18. The van der Waals surface area contributed by atoms with Gasteiger partial charge in [-0.05, 0) is 36.5 Å². The van der Waals surface area contributed by atoms with Crippen molar-refractivity contribution in [3.8, 4) is 0 Å². The van der Waals surface area contributed by atoms with E-state index in [-0.39, 0.29) is 17.8 Å². The van der Waals surface area contributed by atoms with Crippen LogP contribution >= 0.6 is 0 Å². The van der Waals surface area contributed by atoms with E-state index in [1.165, 1.54) is 0 Å². The monoisotopic (exact) mass is 240 g/mol. The predicted octanol–water partition coefficient (Wildman–Crippen LogP) is 2.26. The molecule has 4 nitrogen and oxygen atoms in total. The molecule has 1 aliphatic rings. The highest BCUT2D eigenvalue weighted by molar-refractivity contribution is 5.93. The zero-order valence-electron chi connectivity index (χ0n) is 10.3. The third kappa shape index (κ3) is 2.87. The van der Waals surface area contributed by atoms with Crippen LogP contribution < -0.4 is 0 Å². The molecule has 0 bridgehead atoms. The molecule has 0 heterocycles. The summed E-state index contributed by atoms with van der Waals surface area (Å²) in [6, 6.07) is 0. The van der Waals surface area contributed by atoms with Crippen LogP contribution in [0.5, 0.6) is 0 Å². The second kappa shape index (κ2) is 5.34. The van der Waals surface area contributed by atoms with Gasteiger partial charge in [-0.2, -0.15) is 0 Å². The van der Waals surface area contributed by atoms with E-state index >= 15 is 0 Å². The topological polar surface area (TPSA) is 74.6 Å². The fourth-order valence-electron chi connectivity index (χ4n) is 3.20. The quantitative estimate of drug-likeness (QED) is 0.584. The maximum absolute atomic E-state index is 11.1. The van der Waals surface area contributed by atoms with E-state index in [1.807, 2.05) is 6.92 Å². The molecule has 1 rings (SSSR count). The summed E-state index contributed by atoms with van der Waals surface area (Å²) >= 11 is 0. The Balaban J connectivity index is 3.01.